The second kappa shape index (κ2) is 8.63. The van der Waals surface area contributed by atoms with Gasteiger partial charge >= 0.3 is 0 Å². The van der Waals surface area contributed by atoms with Crippen molar-refractivity contribution < 1.29 is 9.53 Å². The number of benzene rings is 2. The number of carbonyl (C=O) groups excluding carboxylic acids is 1. The summed E-state index contributed by atoms with van der Waals surface area (Å²) < 4.78 is 7.45. The number of amides is 1. The van der Waals surface area contributed by atoms with Crippen molar-refractivity contribution in [3.05, 3.63) is 78.1 Å². The summed E-state index contributed by atoms with van der Waals surface area (Å²) in [4.78, 5) is 19.8. The molecule has 1 saturated heterocycles. The molecule has 1 amide bonds. The van der Waals surface area contributed by atoms with E-state index in [2.05, 4.69) is 30.1 Å². The van der Waals surface area contributed by atoms with Gasteiger partial charge in [-0.1, -0.05) is 54.2 Å². The largest absolute Gasteiger partial charge is 0.378 e. The predicted octanol–water partition coefficient (Wildman–Crippen LogP) is 3.87. The second-order valence-corrected chi connectivity index (χ2v) is 7.84. The Hall–Kier alpha value is -2.57. The molecule has 0 radical (unpaired) electrons. The zero-order valence-corrected chi connectivity index (χ0v) is 16.6. The van der Waals surface area contributed by atoms with Crippen LogP contribution in [-0.4, -0.2) is 46.7 Å². The van der Waals surface area contributed by atoms with Gasteiger partial charge in [-0.05, 0) is 30.2 Å². The van der Waals surface area contributed by atoms with E-state index in [9.17, 15) is 4.79 Å². The third kappa shape index (κ3) is 4.13. The Morgan fingerprint density at radius 1 is 1.11 bits per heavy atom. The summed E-state index contributed by atoms with van der Waals surface area (Å²) in [7, 11) is 0. The lowest BCUT2D eigenvalue weighted by molar-refractivity contribution is -0.134. The molecule has 28 heavy (non-hydrogen) atoms. The fraction of sp³-hybridized carbons (Fsp3) is 0.273. The highest BCUT2D eigenvalue weighted by Gasteiger charge is 2.29. The number of carbonyl (C=O) groups is 1. The van der Waals surface area contributed by atoms with E-state index < -0.39 is 0 Å². The van der Waals surface area contributed by atoms with Crippen LogP contribution in [0.3, 0.4) is 0 Å². The average Bonchev–Trinajstić information content (AvgIpc) is 3.21. The maximum Gasteiger partial charge on any atom is 0.240 e. The molecule has 1 aromatic heterocycles. The lowest BCUT2D eigenvalue weighted by Crippen LogP contribution is -2.42. The van der Waals surface area contributed by atoms with Gasteiger partial charge in [0.15, 0.2) is 5.16 Å². The van der Waals surface area contributed by atoms with Crippen LogP contribution in [0.15, 0.2) is 72.1 Å². The SMILES string of the molecule is Cc1cccc(-n2ccnc2S[C@@H](C(=O)N2CCOCC2)c2ccccc2)c1. The Bertz CT molecular complexity index is 936. The van der Waals surface area contributed by atoms with Crippen molar-refractivity contribution in [3.63, 3.8) is 0 Å². The molecule has 0 aliphatic carbocycles. The second-order valence-electron chi connectivity index (χ2n) is 6.77. The maximum absolute atomic E-state index is 13.3. The Morgan fingerprint density at radius 2 is 1.89 bits per heavy atom. The standard InChI is InChI=1S/C22H23N3O2S/c1-17-6-5-9-19(16-17)25-11-10-23-22(25)28-20(18-7-3-2-4-8-18)21(26)24-12-14-27-15-13-24/h2-11,16,20H,12-15H2,1H3/t20-/m1/s1. The third-order valence-electron chi connectivity index (χ3n) is 4.76. The van der Waals surface area contributed by atoms with Crippen molar-refractivity contribution in [3.8, 4) is 5.69 Å². The molecule has 144 valence electrons. The fourth-order valence-electron chi connectivity index (χ4n) is 3.30. The summed E-state index contributed by atoms with van der Waals surface area (Å²) in [5, 5.41) is 0.464. The van der Waals surface area contributed by atoms with Crippen molar-refractivity contribution in [2.24, 2.45) is 0 Å². The molecule has 0 N–H and O–H groups in total. The number of morpholine rings is 1. The third-order valence-corrected chi connectivity index (χ3v) is 5.98. The van der Waals surface area contributed by atoms with Gasteiger partial charge < -0.3 is 9.64 Å². The highest BCUT2D eigenvalue weighted by molar-refractivity contribution is 8.00. The number of hydrogen-bond acceptors (Lipinski definition) is 4. The fourth-order valence-corrected chi connectivity index (χ4v) is 4.45. The monoisotopic (exact) mass is 393 g/mol. The molecule has 0 bridgehead atoms. The zero-order valence-electron chi connectivity index (χ0n) is 15.8. The van der Waals surface area contributed by atoms with Crippen LogP contribution < -0.4 is 0 Å². The molecule has 1 aliphatic heterocycles. The minimum absolute atomic E-state index is 0.110. The minimum atomic E-state index is -0.342. The molecule has 2 aromatic carbocycles. The van der Waals surface area contributed by atoms with Gasteiger partial charge in [0.1, 0.15) is 5.25 Å². The summed E-state index contributed by atoms with van der Waals surface area (Å²) in [6.45, 7) is 4.53. The summed E-state index contributed by atoms with van der Waals surface area (Å²) >= 11 is 1.50. The number of hydrogen-bond donors (Lipinski definition) is 0. The van der Waals surface area contributed by atoms with Crippen LogP contribution in [0.2, 0.25) is 0 Å². The lowest BCUT2D eigenvalue weighted by Gasteiger charge is -2.30. The van der Waals surface area contributed by atoms with Gasteiger partial charge in [-0.15, -0.1) is 0 Å². The molecule has 0 saturated carbocycles. The summed E-state index contributed by atoms with van der Waals surface area (Å²) in [6, 6.07) is 18.2. The first-order chi connectivity index (χ1) is 13.7. The topological polar surface area (TPSA) is 47.4 Å². The van der Waals surface area contributed by atoms with Crippen LogP contribution in [0.1, 0.15) is 16.4 Å². The molecule has 1 atom stereocenters. The number of thioether (sulfide) groups is 1. The van der Waals surface area contributed by atoms with Gasteiger partial charge in [0, 0.05) is 31.2 Å². The van der Waals surface area contributed by atoms with Crippen molar-refractivity contribution in [1.82, 2.24) is 14.5 Å². The Kier molecular flexibility index (Phi) is 5.78. The number of imidazole rings is 1. The normalized spacial score (nSPS) is 15.4. The molecule has 5 nitrogen and oxygen atoms in total. The number of nitrogens with zero attached hydrogens (tertiary/aromatic N) is 3. The van der Waals surface area contributed by atoms with Gasteiger partial charge in [-0.2, -0.15) is 0 Å². The summed E-state index contributed by atoms with van der Waals surface area (Å²) in [5.41, 5.74) is 3.22. The Morgan fingerprint density at radius 3 is 2.64 bits per heavy atom. The van der Waals surface area contributed by atoms with Crippen LogP contribution in [0.4, 0.5) is 0 Å². The molecule has 4 rings (SSSR count). The molecule has 1 aliphatic rings. The van der Waals surface area contributed by atoms with E-state index in [-0.39, 0.29) is 11.2 Å². The predicted molar refractivity (Wildman–Crippen MR) is 111 cm³/mol. The molecule has 3 aromatic rings. The lowest BCUT2D eigenvalue weighted by atomic mass is 10.1. The van der Waals surface area contributed by atoms with Crippen molar-refractivity contribution in [1.29, 1.82) is 0 Å². The summed E-state index contributed by atoms with van der Waals surface area (Å²) in [5.74, 6) is 0.110. The van der Waals surface area contributed by atoms with E-state index in [4.69, 9.17) is 4.74 Å². The Labute approximate surface area is 169 Å². The van der Waals surface area contributed by atoms with Gasteiger partial charge in [0.05, 0.1) is 13.2 Å². The minimum Gasteiger partial charge on any atom is -0.378 e. The van der Waals surface area contributed by atoms with E-state index in [1.165, 1.54) is 17.3 Å². The van der Waals surface area contributed by atoms with Crippen molar-refractivity contribution in [2.75, 3.05) is 26.3 Å². The van der Waals surface area contributed by atoms with Crippen LogP contribution in [0, 0.1) is 6.92 Å². The molecular weight excluding hydrogens is 370 g/mol. The highest BCUT2D eigenvalue weighted by atomic mass is 32.2. The maximum atomic E-state index is 13.3. The van der Waals surface area contributed by atoms with Gasteiger partial charge in [0.25, 0.3) is 0 Å². The van der Waals surface area contributed by atoms with Crippen LogP contribution >= 0.6 is 11.8 Å². The van der Waals surface area contributed by atoms with Crippen LogP contribution in [-0.2, 0) is 9.53 Å². The number of aryl methyl sites for hydroxylation is 1. The van der Waals surface area contributed by atoms with Crippen LogP contribution in [0.25, 0.3) is 5.69 Å². The van der Waals surface area contributed by atoms with E-state index >= 15 is 0 Å². The first-order valence-corrected chi connectivity index (χ1v) is 10.3. The first kappa shape index (κ1) is 18.8. The molecule has 2 heterocycles. The van der Waals surface area contributed by atoms with E-state index in [1.54, 1.807) is 6.20 Å². The Balaban J connectivity index is 1.65. The van der Waals surface area contributed by atoms with Crippen molar-refractivity contribution >= 4 is 17.7 Å². The van der Waals surface area contributed by atoms with E-state index in [0.29, 0.717) is 26.3 Å². The van der Waals surface area contributed by atoms with Crippen LogP contribution in [0.5, 0.6) is 0 Å². The van der Waals surface area contributed by atoms with Gasteiger partial charge in [-0.3, -0.25) is 9.36 Å². The number of ether oxygens (including phenoxy) is 1. The first-order valence-electron chi connectivity index (χ1n) is 9.41. The highest BCUT2D eigenvalue weighted by Crippen LogP contribution is 2.37. The van der Waals surface area contributed by atoms with Gasteiger partial charge in [0.2, 0.25) is 5.91 Å². The van der Waals surface area contributed by atoms with Crippen molar-refractivity contribution in [2.45, 2.75) is 17.3 Å². The summed E-state index contributed by atoms with van der Waals surface area (Å²) in [6.07, 6.45) is 3.73. The number of rotatable bonds is 5. The average molecular weight is 394 g/mol. The zero-order chi connectivity index (χ0) is 19.3. The quantitative estimate of drug-likeness (QED) is 0.618. The molecule has 1 fully saturated rings. The number of aromatic nitrogens is 2. The molecule has 0 unspecified atom stereocenters. The van der Waals surface area contributed by atoms with E-state index in [1.807, 2.05) is 52.1 Å². The molecule has 0 spiro atoms. The molecular formula is C22H23N3O2S. The smallest absolute Gasteiger partial charge is 0.240 e. The molecule has 6 heteroatoms. The van der Waals surface area contributed by atoms with E-state index in [0.717, 1.165) is 16.4 Å². The van der Waals surface area contributed by atoms with Gasteiger partial charge in [-0.25, -0.2) is 4.98 Å².